The van der Waals surface area contributed by atoms with Crippen molar-refractivity contribution in [2.75, 3.05) is 0 Å². The molecule has 1 atom stereocenters. The summed E-state index contributed by atoms with van der Waals surface area (Å²) in [7, 11) is 0. The average molecular weight is 330 g/mol. The third kappa shape index (κ3) is 8.70. The molecule has 0 aliphatic carbocycles. The molecular formula is C21H30O3. The molecule has 2 aromatic rings. The Labute approximate surface area is 145 Å². The highest BCUT2D eigenvalue weighted by molar-refractivity contribution is 5.35. The van der Waals surface area contributed by atoms with Crippen molar-refractivity contribution in [1.82, 2.24) is 0 Å². The molecule has 0 spiro atoms. The molecule has 0 bridgehead atoms. The number of aliphatic hydroxyl groups excluding tert-OH is 1. The van der Waals surface area contributed by atoms with E-state index in [2.05, 4.69) is 0 Å². The van der Waals surface area contributed by atoms with Crippen LogP contribution in [0.3, 0.4) is 0 Å². The van der Waals surface area contributed by atoms with Crippen molar-refractivity contribution < 1.29 is 14.9 Å². The minimum Gasteiger partial charge on any atom is -0.488 e. The van der Waals surface area contributed by atoms with Gasteiger partial charge in [-0.15, -0.1) is 0 Å². The number of hydrogen-bond donors (Lipinski definition) is 2. The van der Waals surface area contributed by atoms with Crippen molar-refractivity contribution in [2.45, 2.75) is 58.8 Å². The van der Waals surface area contributed by atoms with E-state index in [4.69, 9.17) is 9.84 Å². The number of ether oxygens (including phenoxy) is 1. The van der Waals surface area contributed by atoms with Crippen molar-refractivity contribution in [3.8, 4) is 5.75 Å². The van der Waals surface area contributed by atoms with Crippen LogP contribution in [0.1, 0.15) is 58.8 Å². The van der Waals surface area contributed by atoms with Crippen LogP contribution in [-0.2, 0) is 0 Å². The normalized spacial score (nSPS) is 12.8. The molecule has 2 N–H and O–H groups in total. The molecule has 3 heteroatoms. The van der Waals surface area contributed by atoms with E-state index in [0.29, 0.717) is 0 Å². The largest absolute Gasteiger partial charge is 0.488 e. The molecule has 1 unspecified atom stereocenters. The van der Waals surface area contributed by atoms with E-state index in [0.717, 1.165) is 16.9 Å². The number of aliphatic hydroxyl groups is 2. The quantitative estimate of drug-likeness (QED) is 0.856. The van der Waals surface area contributed by atoms with Gasteiger partial charge in [0.25, 0.3) is 0 Å². The first kappa shape index (κ1) is 20.2. The Morgan fingerprint density at radius 2 is 1.29 bits per heavy atom. The van der Waals surface area contributed by atoms with Gasteiger partial charge < -0.3 is 14.9 Å². The second-order valence-electron chi connectivity index (χ2n) is 7.77. The molecule has 0 heterocycles. The maximum atomic E-state index is 10.4. The van der Waals surface area contributed by atoms with E-state index in [1.807, 2.05) is 75.4 Å². The third-order valence-electron chi connectivity index (χ3n) is 2.71. The lowest BCUT2D eigenvalue weighted by molar-refractivity contribution is 0.102. The zero-order chi connectivity index (χ0) is 18.4. The van der Waals surface area contributed by atoms with E-state index in [1.54, 1.807) is 20.8 Å². The van der Waals surface area contributed by atoms with Crippen molar-refractivity contribution >= 4 is 0 Å². The van der Waals surface area contributed by atoms with Crippen LogP contribution in [0.5, 0.6) is 5.75 Å². The summed E-state index contributed by atoms with van der Waals surface area (Å²) in [6.45, 7) is 11.3. The smallest absolute Gasteiger partial charge is 0.120 e. The first-order valence-electron chi connectivity index (χ1n) is 8.20. The lowest BCUT2D eigenvalue weighted by Gasteiger charge is -2.22. The Hall–Kier alpha value is -1.84. The fourth-order valence-electron chi connectivity index (χ4n) is 1.93. The average Bonchev–Trinajstić information content (AvgIpc) is 2.44. The molecule has 2 rings (SSSR count). The molecule has 0 saturated heterocycles. The summed E-state index contributed by atoms with van der Waals surface area (Å²) in [5, 5.41) is 18.9. The Morgan fingerprint density at radius 3 is 1.79 bits per heavy atom. The standard InChI is InChI=1S/C17H20O2.C4H10O/c1-17(2,3)19-15-11-7-10-14(12-15)16(18)13-8-5-4-6-9-13;1-4(2,3)5/h4-12,16,18H,1-3H3;5H,1-3H3. The lowest BCUT2D eigenvalue weighted by Crippen LogP contribution is -2.23. The van der Waals surface area contributed by atoms with E-state index < -0.39 is 11.7 Å². The summed E-state index contributed by atoms with van der Waals surface area (Å²) < 4.78 is 5.82. The Kier molecular flexibility index (Phi) is 7.00. The molecular weight excluding hydrogens is 300 g/mol. The molecule has 0 saturated carbocycles. The van der Waals surface area contributed by atoms with Gasteiger partial charge in [-0.1, -0.05) is 42.5 Å². The molecule has 3 nitrogen and oxygen atoms in total. The van der Waals surface area contributed by atoms with Gasteiger partial charge in [-0.25, -0.2) is 0 Å². The van der Waals surface area contributed by atoms with Crippen molar-refractivity contribution in [1.29, 1.82) is 0 Å². The van der Waals surface area contributed by atoms with Crippen LogP contribution >= 0.6 is 0 Å². The summed E-state index contributed by atoms with van der Waals surface area (Å²) in [5.74, 6) is 0.778. The van der Waals surface area contributed by atoms with Gasteiger partial charge in [0.1, 0.15) is 17.5 Å². The van der Waals surface area contributed by atoms with Crippen LogP contribution in [0.15, 0.2) is 54.6 Å². The van der Waals surface area contributed by atoms with E-state index in [9.17, 15) is 5.11 Å². The van der Waals surface area contributed by atoms with Gasteiger partial charge in [-0.05, 0) is 64.8 Å². The van der Waals surface area contributed by atoms with Gasteiger partial charge in [-0.3, -0.25) is 0 Å². The number of benzene rings is 2. The minimum atomic E-state index is -0.621. The van der Waals surface area contributed by atoms with Gasteiger partial charge >= 0.3 is 0 Å². The molecule has 0 amide bonds. The molecule has 0 aliphatic heterocycles. The minimum absolute atomic E-state index is 0.240. The summed E-state index contributed by atoms with van der Waals surface area (Å²) in [6, 6.07) is 17.2. The Morgan fingerprint density at radius 1 is 0.792 bits per heavy atom. The second-order valence-corrected chi connectivity index (χ2v) is 7.77. The van der Waals surface area contributed by atoms with Crippen molar-refractivity contribution in [3.05, 3.63) is 65.7 Å². The van der Waals surface area contributed by atoms with Crippen LogP contribution in [0.4, 0.5) is 0 Å². The molecule has 24 heavy (non-hydrogen) atoms. The number of hydrogen-bond acceptors (Lipinski definition) is 3. The highest BCUT2D eigenvalue weighted by Crippen LogP contribution is 2.26. The summed E-state index contributed by atoms with van der Waals surface area (Å²) >= 11 is 0. The van der Waals surface area contributed by atoms with Crippen LogP contribution in [0.2, 0.25) is 0 Å². The number of rotatable bonds is 3. The van der Waals surface area contributed by atoms with E-state index in [1.165, 1.54) is 0 Å². The fraction of sp³-hybridized carbons (Fsp3) is 0.429. The summed E-state index contributed by atoms with van der Waals surface area (Å²) in [6.07, 6.45) is -0.621. The predicted octanol–water partition coefficient (Wildman–Crippen LogP) is 4.72. The summed E-state index contributed by atoms with van der Waals surface area (Å²) in [5.41, 5.74) is 0.986. The fourth-order valence-corrected chi connectivity index (χ4v) is 1.93. The molecule has 2 aromatic carbocycles. The first-order chi connectivity index (χ1) is 11.0. The van der Waals surface area contributed by atoms with E-state index >= 15 is 0 Å². The van der Waals surface area contributed by atoms with Crippen LogP contribution < -0.4 is 4.74 Å². The van der Waals surface area contributed by atoms with E-state index in [-0.39, 0.29) is 5.60 Å². The highest BCUT2D eigenvalue weighted by Gasteiger charge is 2.14. The maximum absolute atomic E-state index is 10.4. The topological polar surface area (TPSA) is 49.7 Å². The predicted molar refractivity (Wildman–Crippen MR) is 99.3 cm³/mol. The Bertz CT molecular complexity index is 601. The SMILES string of the molecule is CC(C)(C)O.CC(C)(C)Oc1cccc(C(O)c2ccccc2)c1. The van der Waals surface area contributed by atoms with Gasteiger partial charge in [0, 0.05) is 0 Å². The first-order valence-corrected chi connectivity index (χ1v) is 8.20. The molecule has 132 valence electrons. The Balaban J connectivity index is 0.000000505. The maximum Gasteiger partial charge on any atom is 0.120 e. The third-order valence-corrected chi connectivity index (χ3v) is 2.71. The van der Waals surface area contributed by atoms with Gasteiger partial charge in [0.15, 0.2) is 0 Å². The molecule has 0 aliphatic rings. The van der Waals surface area contributed by atoms with Gasteiger partial charge in [0.05, 0.1) is 5.60 Å². The zero-order valence-corrected chi connectivity index (χ0v) is 15.6. The monoisotopic (exact) mass is 330 g/mol. The molecule has 0 radical (unpaired) electrons. The van der Waals surface area contributed by atoms with Crippen molar-refractivity contribution in [2.24, 2.45) is 0 Å². The zero-order valence-electron chi connectivity index (χ0n) is 15.6. The molecule has 0 fully saturated rings. The highest BCUT2D eigenvalue weighted by atomic mass is 16.5. The lowest BCUT2D eigenvalue weighted by atomic mass is 10.0. The summed E-state index contributed by atoms with van der Waals surface area (Å²) in [4.78, 5) is 0. The second kappa shape index (κ2) is 8.32. The van der Waals surface area contributed by atoms with Crippen LogP contribution in [0, 0.1) is 0 Å². The van der Waals surface area contributed by atoms with Crippen molar-refractivity contribution in [3.63, 3.8) is 0 Å². The molecule has 0 aromatic heterocycles. The van der Waals surface area contributed by atoms with Gasteiger partial charge in [-0.2, -0.15) is 0 Å². The van der Waals surface area contributed by atoms with Crippen LogP contribution in [-0.4, -0.2) is 21.4 Å². The van der Waals surface area contributed by atoms with Gasteiger partial charge in [0.2, 0.25) is 0 Å². The van der Waals surface area contributed by atoms with Crippen LogP contribution in [0.25, 0.3) is 0 Å².